The third kappa shape index (κ3) is 1990. The molecule has 0 atom stereocenters. The molecule has 15 heavy (non-hydrogen) atoms. The molecular weight excluding hydrogens is 384 g/mol. The minimum atomic E-state index is 0. The van der Waals surface area contributed by atoms with Crippen molar-refractivity contribution in [3.05, 3.63) is 0 Å². The molecule has 6 nitrogen and oxygen atoms in total. The predicted molar refractivity (Wildman–Crippen MR) is 54.3 cm³/mol. The maximum atomic E-state index is 6.50. The van der Waals surface area contributed by atoms with Crippen LogP contribution in [0.1, 0.15) is 0 Å². The van der Waals surface area contributed by atoms with Crippen LogP contribution in [0.4, 0.5) is 0 Å². The molecule has 0 spiro atoms. The van der Waals surface area contributed by atoms with Crippen molar-refractivity contribution in [1.82, 2.24) is 0 Å². The van der Waals surface area contributed by atoms with Crippen molar-refractivity contribution in [2.24, 2.45) is 0 Å². The SMILES string of the molecule is C#N.C#N.C#N.C#N.C#N.C#N.[CsH].[Fe].[KH]. The van der Waals surface area contributed by atoms with Crippen LogP contribution in [0.3, 0.4) is 0 Å². The summed E-state index contributed by atoms with van der Waals surface area (Å²) in [6.45, 7) is 21.0. The molecule has 0 aliphatic carbocycles. The van der Waals surface area contributed by atoms with Gasteiger partial charge in [0, 0.05) is 56.5 Å². The fourth-order valence-corrected chi connectivity index (χ4v) is 0. The third-order valence-corrected chi connectivity index (χ3v) is 0. The fraction of sp³-hybridized carbons (Fsp3) is 0. The van der Waals surface area contributed by atoms with Crippen molar-refractivity contribution in [3.8, 4) is 39.4 Å². The van der Waals surface area contributed by atoms with Crippen molar-refractivity contribution in [2.45, 2.75) is 0 Å². The molecule has 72 valence electrons. The van der Waals surface area contributed by atoms with Crippen LogP contribution in [0.5, 0.6) is 0 Å². The van der Waals surface area contributed by atoms with E-state index in [0.717, 1.165) is 0 Å². The number of hydrogen-bond donors (Lipinski definition) is 0. The van der Waals surface area contributed by atoms with Gasteiger partial charge in [-0.3, -0.25) is 0 Å². The third-order valence-electron chi connectivity index (χ3n) is 0. The molecule has 0 heterocycles. The van der Waals surface area contributed by atoms with Gasteiger partial charge in [0.25, 0.3) is 0 Å². The standard InChI is InChI=1S/6CHN.Cs.Fe.K.2H/c6*1-2;;;;;/h6*1H;;;;;. The van der Waals surface area contributed by atoms with Gasteiger partial charge in [-0.1, -0.05) is 0 Å². The first-order valence-electron chi connectivity index (χ1n) is 1.55. The summed E-state index contributed by atoms with van der Waals surface area (Å²) in [5.74, 6) is 0. The molecule has 0 radical (unpaired) electrons. The molecule has 0 amide bonds. The summed E-state index contributed by atoms with van der Waals surface area (Å²) in [6.07, 6.45) is 0. The Hall–Kier alpha value is 1.15. The van der Waals surface area contributed by atoms with Crippen molar-refractivity contribution < 1.29 is 17.1 Å². The topological polar surface area (TPSA) is 143 Å². The first-order chi connectivity index (χ1) is 6.00. The molecule has 0 aliphatic rings. The molecule has 0 saturated carbocycles. The summed E-state index contributed by atoms with van der Waals surface area (Å²) in [4.78, 5) is 0. The quantitative estimate of drug-likeness (QED) is 0.511. The Kier molecular flexibility index (Phi) is 11100. The second-order valence-electron chi connectivity index (χ2n) is 0. The van der Waals surface area contributed by atoms with E-state index >= 15 is 0 Å². The Labute approximate surface area is 203 Å². The van der Waals surface area contributed by atoms with Crippen molar-refractivity contribution >= 4 is 120 Å². The molecule has 0 unspecified atom stereocenters. The molecule has 0 bridgehead atoms. The van der Waals surface area contributed by atoms with Crippen LogP contribution < -0.4 is 0 Å². The Bertz CT molecular complexity index is 103. The summed E-state index contributed by atoms with van der Waals surface area (Å²) in [7, 11) is 0. The van der Waals surface area contributed by atoms with E-state index in [1.165, 1.54) is 0 Å². The molecule has 0 aromatic heterocycles. The average molecular weight is 392 g/mol. The monoisotopic (exact) mass is 392 g/mol. The fourth-order valence-electron chi connectivity index (χ4n) is 0. The Morgan fingerprint density at radius 1 is 0.400 bits per heavy atom. The predicted octanol–water partition coefficient (Wildman–Crippen LogP) is -0.461. The van der Waals surface area contributed by atoms with Crippen molar-refractivity contribution in [3.63, 3.8) is 0 Å². The van der Waals surface area contributed by atoms with E-state index in [0.29, 0.717) is 0 Å². The van der Waals surface area contributed by atoms with E-state index in [1.54, 1.807) is 0 Å². The van der Waals surface area contributed by atoms with Crippen LogP contribution in [0.2, 0.25) is 0 Å². The van der Waals surface area contributed by atoms with Gasteiger partial charge >= 0.3 is 120 Å². The summed E-state index contributed by atoms with van der Waals surface area (Å²) >= 11 is 0. The first-order valence-corrected chi connectivity index (χ1v) is 1.55. The normalized spacial score (nSPS) is 0.800. The van der Waals surface area contributed by atoms with Crippen LogP contribution in [-0.4, -0.2) is 120 Å². The van der Waals surface area contributed by atoms with E-state index in [4.69, 9.17) is 31.6 Å². The van der Waals surface area contributed by atoms with Crippen molar-refractivity contribution in [1.29, 1.82) is 31.6 Å². The van der Waals surface area contributed by atoms with Gasteiger partial charge in [-0.05, 0) is 0 Å². The van der Waals surface area contributed by atoms with Gasteiger partial charge in [0.15, 0.2) is 0 Å². The van der Waals surface area contributed by atoms with E-state index in [9.17, 15) is 0 Å². The summed E-state index contributed by atoms with van der Waals surface area (Å²) in [5.41, 5.74) is 0. The Balaban J connectivity index is -0.00000000396. The molecule has 0 aromatic rings. The number of nitriles is 6. The first kappa shape index (κ1) is 72.5. The number of nitrogens with zero attached hydrogens (tertiary/aromatic N) is 6. The summed E-state index contributed by atoms with van der Waals surface area (Å²) in [5, 5.41) is 39.0. The van der Waals surface area contributed by atoms with Gasteiger partial charge in [-0.2, -0.15) is 0 Å². The molecule has 0 saturated heterocycles. The molecule has 0 aromatic carbocycles. The van der Waals surface area contributed by atoms with Gasteiger partial charge in [-0.25, -0.2) is 31.6 Å². The van der Waals surface area contributed by atoms with Crippen LogP contribution in [0, 0.1) is 71.0 Å². The van der Waals surface area contributed by atoms with E-state index in [1.807, 2.05) is 0 Å². The van der Waals surface area contributed by atoms with E-state index in [-0.39, 0.29) is 137 Å². The summed E-state index contributed by atoms with van der Waals surface area (Å²) in [6, 6.07) is 0. The Morgan fingerprint density at radius 3 is 0.400 bits per heavy atom. The van der Waals surface area contributed by atoms with Gasteiger partial charge < -0.3 is 0 Å². The van der Waals surface area contributed by atoms with Crippen LogP contribution >= 0.6 is 0 Å². The molecular formula is C6H8CsFeKN6. The Morgan fingerprint density at radius 2 is 0.400 bits per heavy atom. The zero-order valence-electron chi connectivity index (χ0n) is 6.50. The van der Waals surface area contributed by atoms with Crippen LogP contribution in [0.25, 0.3) is 0 Å². The van der Waals surface area contributed by atoms with Gasteiger partial charge in [0.05, 0.1) is 0 Å². The maximum absolute atomic E-state index is 6.50. The van der Waals surface area contributed by atoms with E-state index < -0.39 is 0 Å². The molecule has 0 fully saturated rings. The molecule has 0 N–H and O–H groups in total. The average Bonchev–Trinajstić information content (AvgIpc) is 2.33. The zero-order chi connectivity index (χ0) is 12.0. The second-order valence-corrected chi connectivity index (χ2v) is 0. The summed E-state index contributed by atoms with van der Waals surface area (Å²) < 4.78 is 0. The van der Waals surface area contributed by atoms with Gasteiger partial charge in [-0.15, -0.1) is 0 Å². The zero-order valence-corrected chi connectivity index (χ0v) is 7.61. The van der Waals surface area contributed by atoms with E-state index in [2.05, 4.69) is 39.4 Å². The van der Waals surface area contributed by atoms with Gasteiger partial charge in [0.2, 0.25) is 0 Å². The number of hydrogen-bond acceptors (Lipinski definition) is 6. The molecule has 0 rings (SSSR count). The number of rotatable bonds is 0. The van der Waals surface area contributed by atoms with Crippen LogP contribution in [-0.2, 0) is 17.1 Å². The minimum absolute atomic E-state index is 0. The molecule has 0 aliphatic heterocycles. The molecule has 9 heteroatoms. The van der Waals surface area contributed by atoms with Gasteiger partial charge in [0.1, 0.15) is 0 Å². The van der Waals surface area contributed by atoms with Crippen LogP contribution in [0.15, 0.2) is 0 Å². The van der Waals surface area contributed by atoms with Crippen molar-refractivity contribution in [2.75, 3.05) is 0 Å². The second kappa shape index (κ2) is 2300.